The number of hydrogen-bond donors (Lipinski definition) is 3. The van der Waals surface area contributed by atoms with Crippen LogP contribution in [0.2, 0.25) is 0 Å². The summed E-state index contributed by atoms with van der Waals surface area (Å²) in [4.78, 5) is 34.7. The van der Waals surface area contributed by atoms with Crippen molar-refractivity contribution in [2.24, 2.45) is 0 Å². The van der Waals surface area contributed by atoms with Crippen molar-refractivity contribution in [3.05, 3.63) is 60.4 Å². The average Bonchev–Trinajstić information content (AvgIpc) is 3.14. The minimum Gasteiger partial charge on any atom is -0.465 e. The van der Waals surface area contributed by atoms with Crippen molar-refractivity contribution in [3.8, 4) is 0 Å². The molecule has 8 nitrogen and oxygen atoms in total. The van der Waals surface area contributed by atoms with E-state index in [9.17, 15) is 14.7 Å². The summed E-state index contributed by atoms with van der Waals surface area (Å²) in [5.41, 5.74) is 6.85. The fourth-order valence-electron chi connectivity index (χ4n) is 3.99. The summed E-state index contributed by atoms with van der Waals surface area (Å²) >= 11 is 0. The highest BCUT2D eigenvalue weighted by Crippen LogP contribution is 2.34. The van der Waals surface area contributed by atoms with Crippen LogP contribution < -0.4 is 11.1 Å². The highest BCUT2D eigenvalue weighted by molar-refractivity contribution is 6.02. The zero-order valence-electron chi connectivity index (χ0n) is 15.7. The lowest BCUT2D eigenvalue weighted by molar-refractivity contribution is -0.125. The number of nitrogens with zero attached hydrogens (tertiary/aromatic N) is 3. The zero-order valence-corrected chi connectivity index (χ0v) is 15.7. The van der Waals surface area contributed by atoms with Crippen molar-refractivity contribution in [1.82, 2.24) is 14.9 Å². The number of carboxylic acid groups (broad SMARTS) is 1. The van der Waals surface area contributed by atoms with Crippen LogP contribution >= 0.6 is 0 Å². The van der Waals surface area contributed by atoms with E-state index in [1.165, 1.54) is 11.2 Å². The van der Waals surface area contributed by atoms with Crippen LogP contribution in [0.3, 0.4) is 0 Å². The van der Waals surface area contributed by atoms with Crippen LogP contribution in [0.25, 0.3) is 10.9 Å². The monoisotopic (exact) mass is 391 g/mol. The first-order chi connectivity index (χ1) is 14.0. The van der Waals surface area contributed by atoms with Gasteiger partial charge in [0.1, 0.15) is 17.7 Å². The average molecular weight is 391 g/mol. The molecule has 1 aliphatic heterocycles. The van der Waals surface area contributed by atoms with Gasteiger partial charge < -0.3 is 16.2 Å². The number of carbonyl (C=O) groups is 2. The van der Waals surface area contributed by atoms with E-state index in [4.69, 9.17) is 5.73 Å². The highest BCUT2D eigenvalue weighted by Gasteiger charge is 2.49. The molecule has 1 aromatic heterocycles. The number of nitrogen functional groups attached to an aromatic ring is 1. The van der Waals surface area contributed by atoms with Gasteiger partial charge in [-0.05, 0) is 36.6 Å². The SMILES string of the molecule is Nc1ncnc2ccc(NC(=O)[C@@]3(Cc4ccccc4)CCCN3C(=O)O)cc12. The second-order valence-electron chi connectivity index (χ2n) is 7.18. The molecule has 2 amide bonds. The Bertz CT molecular complexity index is 1070. The Hall–Kier alpha value is -3.68. The lowest BCUT2D eigenvalue weighted by Crippen LogP contribution is -2.56. The molecule has 0 bridgehead atoms. The molecule has 1 saturated heterocycles. The first-order valence-corrected chi connectivity index (χ1v) is 9.36. The third-order valence-electron chi connectivity index (χ3n) is 5.41. The molecular formula is C21H21N5O3. The maximum atomic E-state index is 13.4. The Morgan fingerprint density at radius 2 is 1.97 bits per heavy atom. The molecule has 8 heteroatoms. The molecule has 3 aromatic rings. The molecule has 1 atom stereocenters. The zero-order chi connectivity index (χ0) is 20.4. The minimum atomic E-state index is -1.17. The van der Waals surface area contributed by atoms with Crippen molar-refractivity contribution in [2.75, 3.05) is 17.6 Å². The predicted octanol–water partition coefficient (Wildman–Crippen LogP) is 2.91. The normalized spacial score (nSPS) is 18.7. The fourth-order valence-corrected chi connectivity index (χ4v) is 3.99. The van der Waals surface area contributed by atoms with E-state index in [0.29, 0.717) is 48.2 Å². The first kappa shape index (κ1) is 18.7. The number of rotatable bonds is 4. The Balaban J connectivity index is 1.68. The van der Waals surface area contributed by atoms with Crippen molar-refractivity contribution in [1.29, 1.82) is 0 Å². The number of amides is 2. The topological polar surface area (TPSA) is 121 Å². The molecule has 148 valence electrons. The van der Waals surface area contributed by atoms with Gasteiger partial charge in [-0.15, -0.1) is 0 Å². The number of likely N-dealkylation sites (tertiary alicyclic amines) is 1. The number of anilines is 2. The molecule has 2 aromatic carbocycles. The van der Waals surface area contributed by atoms with Gasteiger partial charge in [0.05, 0.1) is 5.52 Å². The van der Waals surface area contributed by atoms with Gasteiger partial charge in [0.2, 0.25) is 0 Å². The molecule has 0 aliphatic carbocycles. The van der Waals surface area contributed by atoms with E-state index >= 15 is 0 Å². The van der Waals surface area contributed by atoms with Gasteiger partial charge in [-0.1, -0.05) is 30.3 Å². The molecule has 0 saturated carbocycles. The molecule has 4 N–H and O–H groups in total. The molecule has 1 aliphatic rings. The van der Waals surface area contributed by atoms with Crippen LogP contribution in [0.5, 0.6) is 0 Å². The number of fused-ring (bicyclic) bond motifs is 1. The van der Waals surface area contributed by atoms with E-state index in [2.05, 4.69) is 15.3 Å². The summed E-state index contributed by atoms with van der Waals surface area (Å²) in [7, 11) is 0. The molecule has 4 rings (SSSR count). The number of hydrogen-bond acceptors (Lipinski definition) is 5. The largest absolute Gasteiger partial charge is 0.465 e. The second-order valence-corrected chi connectivity index (χ2v) is 7.18. The van der Waals surface area contributed by atoms with Crippen molar-refractivity contribution in [2.45, 2.75) is 24.8 Å². The lowest BCUT2D eigenvalue weighted by Gasteiger charge is -2.35. The van der Waals surface area contributed by atoms with Gasteiger partial charge >= 0.3 is 6.09 Å². The van der Waals surface area contributed by atoms with Gasteiger partial charge in [0, 0.05) is 24.0 Å². The maximum Gasteiger partial charge on any atom is 0.408 e. The van der Waals surface area contributed by atoms with Crippen LogP contribution in [0.1, 0.15) is 18.4 Å². The summed E-state index contributed by atoms with van der Waals surface area (Å²) in [5, 5.41) is 13.3. The van der Waals surface area contributed by atoms with Crippen LogP contribution in [-0.4, -0.2) is 44.1 Å². The second kappa shape index (κ2) is 7.38. The van der Waals surface area contributed by atoms with Gasteiger partial charge in [-0.25, -0.2) is 14.8 Å². The summed E-state index contributed by atoms with van der Waals surface area (Å²) < 4.78 is 0. The van der Waals surface area contributed by atoms with E-state index in [-0.39, 0.29) is 5.91 Å². The smallest absolute Gasteiger partial charge is 0.408 e. The van der Waals surface area contributed by atoms with Crippen LogP contribution in [-0.2, 0) is 11.2 Å². The predicted molar refractivity (Wildman–Crippen MR) is 109 cm³/mol. The third-order valence-corrected chi connectivity index (χ3v) is 5.41. The van der Waals surface area contributed by atoms with Crippen molar-refractivity contribution in [3.63, 3.8) is 0 Å². The van der Waals surface area contributed by atoms with Crippen LogP contribution in [0.4, 0.5) is 16.3 Å². The lowest BCUT2D eigenvalue weighted by atomic mass is 9.87. The van der Waals surface area contributed by atoms with E-state index < -0.39 is 11.6 Å². The molecule has 0 spiro atoms. The van der Waals surface area contributed by atoms with Crippen molar-refractivity contribution < 1.29 is 14.7 Å². The van der Waals surface area contributed by atoms with Crippen LogP contribution in [0.15, 0.2) is 54.9 Å². The number of nitrogens with one attached hydrogen (secondary N) is 1. The molecular weight excluding hydrogens is 370 g/mol. The molecule has 2 heterocycles. The van der Waals surface area contributed by atoms with E-state index in [0.717, 1.165) is 5.56 Å². The summed E-state index contributed by atoms with van der Waals surface area (Å²) in [6, 6.07) is 14.6. The van der Waals surface area contributed by atoms with Crippen LogP contribution in [0, 0.1) is 0 Å². The molecule has 1 fully saturated rings. The van der Waals surface area contributed by atoms with Crippen molar-refractivity contribution >= 4 is 34.4 Å². The molecule has 0 radical (unpaired) electrons. The Labute approximate surface area is 167 Å². The number of nitrogens with two attached hydrogens (primary N) is 1. The summed E-state index contributed by atoms with van der Waals surface area (Å²) in [6.07, 6.45) is 1.69. The third kappa shape index (κ3) is 3.44. The van der Waals surface area contributed by atoms with E-state index in [1.807, 2.05) is 30.3 Å². The minimum absolute atomic E-state index is 0.310. The highest BCUT2D eigenvalue weighted by atomic mass is 16.4. The Morgan fingerprint density at radius 3 is 2.72 bits per heavy atom. The maximum absolute atomic E-state index is 13.4. The Morgan fingerprint density at radius 1 is 1.17 bits per heavy atom. The molecule has 29 heavy (non-hydrogen) atoms. The number of benzene rings is 2. The number of aromatic nitrogens is 2. The van der Waals surface area contributed by atoms with Gasteiger partial charge in [0.15, 0.2) is 0 Å². The van der Waals surface area contributed by atoms with E-state index in [1.54, 1.807) is 18.2 Å². The molecule has 0 unspecified atom stereocenters. The summed E-state index contributed by atoms with van der Waals surface area (Å²) in [6.45, 7) is 0.327. The first-order valence-electron chi connectivity index (χ1n) is 9.36. The number of carbonyl (C=O) groups excluding carboxylic acids is 1. The van der Waals surface area contributed by atoms with Gasteiger partial charge in [0.25, 0.3) is 5.91 Å². The van der Waals surface area contributed by atoms with Gasteiger partial charge in [-0.3, -0.25) is 9.69 Å². The van der Waals surface area contributed by atoms with Gasteiger partial charge in [-0.2, -0.15) is 0 Å². The standard InChI is InChI=1S/C21H21N5O3/c22-18-16-11-15(7-8-17(16)23-13-24-18)25-19(27)21(9-4-10-26(21)20(28)29)12-14-5-2-1-3-6-14/h1-3,5-8,11,13H,4,9-10,12H2,(H,25,27)(H,28,29)(H2,22,23,24)/t21-/m0/s1. The summed E-state index contributed by atoms with van der Waals surface area (Å²) in [5.74, 6) is -0.0332. The Kier molecular flexibility index (Phi) is 4.75. The fraction of sp³-hybridized carbons (Fsp3) is 0.238. The quantitative estimate of drug-likeness (QED) is 0.629.